The first-order valence-electron chi connectivity index (χ1n) is 7.27. The summed E-state index contributed by atoms with van der Waals surface area (Å²) in [7, 11) is 0. The number of amides is 1. The van der Waals surface area contributed by atoms with Crippen LogP contribution in [0.15, 0.2) is 41.5 Å². The number of benzene rings is 2. The second-order valence-electron chi connectivity index (χ2n) is 5.41. The van der Waals surface area contributed by atoms with Gasteiger partial charge in [-0.1, -0.05) is 29.3 Å². The van der Waals surface area contributed by atoms with Crippen molar-refractivity contribution in [1.29, 1.82) is 0 Å². The maximum atomic E-state index is 11.7. The van der Waals surface area contributed by atoms with E-state index >= 15 is 0 Å². The van der Waals surface area contributed by atoms with Gasteiger partial charge in [0, 0.05) is 5.56 Å². The molecule has 2 rings (SSSR count). The normalized spacial score (nSPS) is 10.7. The molecule has 2 aromatic rings. The van der Waals surface area contributed by atoms with Crippen LogP contribution in [0.2, 0.25) is 0 Å². The number of phenolic OH excluding ortho intramolecular Hbond substituents is 1. The van der Waals surface area contributed by atoms with Gasteiger partial charge in [0.25, 0.3) is 5.91 Å². The van der Waals surface area contributed by atoms with Crippen molar-refractivity contribution in [3.05, 3.63) is 58.7 Å². The molecule has 23 heavy (non-hydrogen) atoms. The van der Waals surface area contributed by atoms with Crippen molar-refractivity contribution < 1.29 is 14.6 Å². The third kappa shape index (κ3) is 4.85. The monoisotopic (exact) mass is 312 g/mol. The molecule has 0 aromatic heterocycles. The lowest BCUT2D eigenvalue weighted by Gasteiger charge is -2.08. The Kier molecular flexibility index (Phi) is 5.36. The molecule has 0 aliphatic heterocycles. The van der Waals surface area contributed by atoms with E-state index in [0.717, 1.165) is 16.7 Å². The van der Waals surface area contributed by atoms with Crippen molar-refractivity contribution in [3.63, 3.8) is 0 Å². The van der Waals surface area contributed by atoms with Gasteiger partial charge in [0.05, 0.1) is 6.21 Å². The average Bonchev–Trinajstić information content (AvgIpc) is 2.50. The van der Waals surface area contributed by atoms with Crippen LogP contribution in [0.25, 0.3) is 0 Å². The van der Waals surface area contributed by atoms with E-state index in [0.29, 0.717) is 11.3 Å². The number of hydrazone groups is 1. The van der Waals surface area contributed by atoms with E-state index in [9.17, 15) is 9.90 Å². The van der Waals surface area contributed by atoms with Gasteiger partial charge >= 0.3 is 0 Å². The maximum absolute atomic E-state index is 11.7. The second kappa shape index (κ2) is 7.45. The standard InChI is InChI=1S/C18H20N2O3/c1-12-5-7-17(14(3)8-12)23-11-18(22)20-19-10-15-9-13(2)4-6-16(15)21/h4-10,21H,11H2,1-3H3,(H,20,22)/b19-10-. The lowest BCUT2D eigenvalue weighted by atomic mass is 10.1. The lowest BCUT2D eigenvalue weighted by molar-refractivity contribution is -0.123. The average molecular weight is 312 g/mol. The zero-order chi connectivity index (χ0) is 16.8. The van der Waals surface area contributed by atoms with E-state index < -0.39 is 0 Å². The molecular formula is C18H20N2O3. The van der Waals surface area contributed by atoms with E-state index in [1.165, 1.54) is 6.21 Å². The van der Waals surface area contributed by atoms with Crippen LogP contribution in [0.3, 0.4) is 0 Å². The fourth-order valence-electron chi connectivity index (χ4n) is 2.09. The quantitative estimate of drug-likeness (QED) is 0.659. The Morgan fingerprint density at radius 2 is 1.87 bits per heavy atom. The first-order chi connectivity index (χ1) is 11.0. The van der Waals surface area contributed by atoms with E-state index in [2.05, 4.69) is 10.5 Å². The molecule has 0 aliphatic carbocycles. The first kappa shape index (κ1) is 16.5. The Balaban J connectivity index is 1.87. The van der Waals surface area contributed by atoms with Gasteiger partial charge in [0.1, 0.15) is 11.5 Å². The zero-order valence-corrected chi connectivity index (χ0v) is 13.5. The molecule has 120 valence electrons. The van der Waals surface area contributed by atoms with Gasteiger partial charge in [-0.05, 0) is 44.5 Å². The van der Waals surface area contributed by atoms with E-state index in [-0.39, 0.29) is 18.3 Å². The Morgan fingerprint density at radius 3 is 2.61 bits per heavy atom. The number of hydrogen-bond acceptors (Lipinski definition) is 4. The Bertz CT molecular complexity index is 739. The van der Waals surface area contributed by atoms with Crippen LogP contribution in [0.1, 0.15) is 22.3 Å². The van der Waals surface area contributed by atoms with Gasteiger partial charge < -0.3 is 9.84 Å². The zero-order valence-electron chi connectivity index (χ0n) is 13.5. The number of nitrogens with one attached hydrogen (secondary N) is 1. The molecule has 0 atom stereocenters. The largest absolute Gasteiger partial charge is 0.507 e. The van der Waals surface area contributed by atoms with Crippen LogP contribution in [0.5, 0.6) is 11.5 Å². The molecule has 0 unspecified atom stereocenters. The van der Waals surface area contributed by atoms with Crippen LogP contribution < -0.4 is 10.2 Å². The number of nitrogens with zero attached hydrogens (tertiary/aromatic N) is 1. The minimum absolute atomic E-state index is 0.111. The third-order valence-electron chi connectivity index (χ3n) is 3.27. The molecule has 5 heteroatoms. The lowest BCUT2D eigenvalue weighted by Crippen LogP contribution is -2.24. The van der Waals surface area contributed by atoms with Crippen molar-refractivity contribution >= 4 is 12.1 Å². The molecule has 0 aliphatic rings. The van der Waals surface area contributed by atoms with E-state index in [4.69, 9.17) is 4.74 Å². The fourth-order valence-corrected chi connectivity index (χ4v) is 2.09. The van der Waals surface area contributed by atoms with Crippen molar-refractivity contribution in [2.45, 2.75) is 20.8 Å². The molecule has 0 heterocycles. The highest BCUT2D eigenvalue weighted by Gasteiger charge is 2.04. The number of phenols is 1. The molecule has 2 aromatic carbocycles. The van der Waals surface area contributed by atoms with Gasteiger partial charge in [0.15, 0.2) is 6.61 Å². The Labute approximate surface area is 135 Å². The molecular weight excluding hydrogens is 292 g/mol. The topological polar surface area (TPSA) is 70.9 Å². The Morgan fingerprint density at radius 1 is 1.17 bits per heavy atom. The number of hydrogen-bond donors (Lipinski definition) is 2. The summed E-state index contributed by atoms with van der Waals surface area (Å²) in [5, 5.41) is 13.5. The minimum Gasteiger partial charge on any atom is -0.507 e. The number of ether oxygens (including phenoxy) is 1. The number of rotatable bonds is 5. The highest BCUT2D eigenvalue weighted by molar-refractivity contribution is 5.85. The van der Waals surface area contributed by atoms with E-state index in [1.807, 2.05) is 39.0 Å². The van der Waals surface area contributed by atoms with Crippen LogP contribution in [0.4, 0.5) is 0 Å². The molecule has 0 bridgehead atoms. The molecule has 0 fully saturated rings. The summed E-state index contributed by atoms with van der Waals surface area (Å²) in [6, 6.07) is 10.9. The van der Waals surface area contributed by atoms with Gasteiger partial charge in [0.2, 0.25) is 0 Å². The highest BCUT2D eigenvalue weighted by Crippen LogP contribution is 2.18. The van der Waals surface area contributed by atoms with Crippen molar-refractivity contribution in [1.82, 2.24) is 5.43 Å². The predicted molar refractivity (Wildman–Crippen MR) is 90.0 cm³/mol. The summed E-state index contributed by atoms with van der Waals surface area (Å²) in [6.45, 7) is 5.71. The van der Waals surface area contributed by atoms with Gasteiger partial charge in [-0.3, -0.25) is 4.79 Å². The summed E-state index contributed by atoms with van der Waals surface area (Å²) in [5.74, 6) is 0.416. The van der Waals surface area contributed by atoms with Crippen LogP contribution in [-0.2, 0) is 4.79 Å². The molecule has 0 saturated carbocycles. The summed E-state index contributed by atoms with van der Waals surface area (Å²) in [5.41, 5.74) is 6.03. The predicted octanol–water partition coefficient (Wildman–Crippen LogP) is 2.85. The van der Waals surface area contributed by atoms with Crippen molar-refractivity contribution in [3.8, 4) is 11.5 Å². The SMILES string of the molecule is Cc1ccc(OCC(=O)N/N=C\c2cc(C)ccc2O)c(C)c1. The summed E-state index contributed by atoms with van der Waals surface area (Å²) < 4.78 is 5.46. The minimum atomic E-state index is -0.367. The van der Waals surface area contributed by atoms with E-state index in [1.54, 1.807) is 18.2 Å². The molecule has 0 spiro atoms. The number of aryl methyl sites for hydroxylation is 3. The van der Waals surface area contributed by atoms with Gasteiger partial charge in [-0.25, -0.2) is 5.43 Å². The molecule has 5 nitrogen and oxygen atoms in total. The number of carbonyl (C=O) groups excluding carboxylic acids is 1. The first-order valence-corrected chi connectivity index (χ1v) is 7.27. The summed E-state index contributed by atoms with van der Waals surface area (Å²) >= 11 is 0. The Hall–Kier alpha value is -2.82. The summed E-state index contributed by atoms with van der Waals surface area (Å²) in [6.07, 6.45) is 1.40. The number of aromatic hydroxyl groups is 1. The number of carbonyl (C=O) groups is 1. The third-order valence-corrected chi connectivity index (χ3v) is 3.27. The molecule has 1 amide bonds. The van der Waals surface area contributed by atoms with Crippen LogP contribution >= 0.6 is 0 Å². The van der Waals surface area contributed by atoms with Gasteiger partial charge in [-0.15, -0.1) is 0 Å². The second-order valence-corrected chi connectivity index (χ2v) is 5.41. The molecule has 2 N–H and O–H groups in total. The van der Waals surface area contributed by atoms with Gasteiger partial charge in [-0.2, -0.15) is 5.10 Å². The van der Waals surface area contributed by atoms with Crippen molar-refractivity contribution in [2.24, 2.45) is 5.10 Å². The smallest absolute Gasteiger partial charge is 0.277 e. The maximum Gasteiger partial charge on any atom is 0.277 e. The molecule has 0 saturated heterocycles. The highest BCUT2D eigenvalue weighted by atomic mass is 16.5. The molecule has 0 radical (unpaired) electrons. The fraction of sp³-hybridized carbons (Fsp3) is 0.222. The van der Waals surface area contributed by atoms with Crippen LogP contribution in [0, 0.1) is 20.8 Å². The van der Waals surface area contributed by atoms with Crippen molar-refractivity contribution in [2.75, 3.05) is 6.61 Å². The van der Waals surface area contributed by atoms with Crippen LogP contribution in [-0.4, -0.2) is 23.8 Å². The summed E-state index contributed by atoms with van der Waals surface area (Å²) in [4.78, 5) is 11.7.